The van der Waals surface area contributed by atoms with Crippen LogP contribution in [0.1, 0.15) is 13.3 Å². The zero-order valence-corrected chi connectivity index (χ0v) is 12.9. The van der Waals surface area contributed by atoms with Gasteiger partial charge in [-0.25, -0.2) is 9.18 Å². The van der Waals surface area contributed by atoms with E-state index in [0.29, 0.717) is 5.69 Å². The highest BCUT2D eigenvalue weighted by molar-refractivity contribution is 6.07. The Labute approximate surface area is 132 Å². The van der Waals surface area contributed by atoms with E-state index in [1.54, 1.807) is 13.0 Å². The van der Waals surface area contributed by atoms with Crippen molar-refractivity contribution in [2.75, 3.05) is 25.6 Å². The van der Waals surface area contributed by atoms with Crippen LogP contribution in [0.3, 0.4) is 0 Å². The molecular weight excluding hydrogens is 305 g/mol. The molecule has 1 aromatic rings. The molecule has 8 heteroatoms. The van der Waals surface area contributed by atoms with Crippen LogP contribution in [0, 0.1) is 5.82 Å². The standard InChI is InChI=1S/C15H18FN3O4/c1-15(9-23-2)13(21)19(14(22)18-15)7-6-12(20)17-11-5-3-4-10(16)8-11/h3-5,8H,6-7,9H2,1-2H3,(H,17,20)(H,18,22)/t15-/m1/s1. The molecule has 0 radical (unpaired) electrons. The van der Waals surface area contributed by atoms with Crippen molar-refractivity contribution in [3.63, 3.8) is 0 Å². The van der Waals surface area contributed by atoms with Crippen molar-refractivity contribution >= 4 is 23.5 Å². The molecular formula is C15H18FN3O4. The van der Waals surface area contributed by atoms with Gasteiger partial charge in [-0.15, -0.1) is 0 Å². The molecule has 1 aliphatic rings. The highest BCUT2D eigenvalue weighted by atomic mass is 19.1. The molecule has 0 spiro atoms. The Bertz CT molecular complexity index is 637. The average molecular weight is 323 g/mol. The van der Waals surface area contributed by atoms with Gasteiger partial charge in [-0.05, 0) is 25.1 Å². The predicted molar refractivity (Wildman–Crippen MR) is 80.2 cm³/mol. The zero-order chi connectivity index (χ0) is 17.0. The monoisotopic (exact) mass is 323 g/mol. The van der Waals surface area contributed by atoms with Crippen molar-refractivity contribution in [3.05, 3.63) is 30.1 Å². The zero-order valence-electron chi connectivity index (χ0n) is 12.9. The van der Waals surface area contributed by atoms with E-state index in [2.05, 4.69) is 10.6 Å². The van der Waals surface area contributed by atoms with Crippen molar-refractivity contribution in [1.82, 2.24) is 10.2 Å². The molecule has 1 saturated heterocycles. The normalized spacial score (nSPS) is 20.6. The molecule has 4 amide bonds. The summed E-state index contributed by atoms with van der Waals surface area (Å²) in [5.41, 5.74) is -0.804. The van der Waals surface area contributed by atoms with Gasteiger partial charge >= 0.3 is 6.03 Å². The highest BCUT2D eigenvalue weighted by Gasteiger charge is 2.47. The molecule has 0 bridgehead atoms. The summed E-state index contributed by atoms with van der Waals surface area (Å²) in [6.45, 7) is 1.54. The fraction of sp³-hybridized carbons (Fsp3) is 0.400. The third-order valence-electron chi connectivity index (χ3n) is 3.45. The number of amides is 4. The molecule has 0 aromatic heterocycles. The molecule has 1 heterocycles. The van der Waals surface area contributed by atoms with Crippen LogP contribution in [0.25, 0.3) is 0 Å². The van der Waals surface area contributed by atoms with Crippen LogP contribution in [0.2, 0.25) is 0 Å². The number of anilines is 1. The molecule has 0 aliphatic carbocycles. The minimum Gasteiger partial charge on any atom is -0.382 e. The molecule has 7 nitrogen and oxygen atoms in total. The quantitative estimate of drug-likeness (QED) is 0.768. The predicted octanol–water partition coefficient (Wildman–Crippen LogP) is 1.11. The first kappa shape index (κ1) is 16.9. The van der Waals surface area contributed by atoms with Crippen molar-refractivity contribution in [3.8, 4) is 0 Å². The Morgan fingerprint density at radius 2 is 2.17 bits per heavy atom. The number of nitrogens with one attached hydrogen (secondary N) is 2. The van der Waals surface area contributed by atoms with Gasteiger partial charge in [0.2, 0.25) is 5.91 Å². The maximum absolute atomic E-state index is 13.0. The number of methoxy groups -OCH3 is 1. The van der Waals surface area contributed by atoms with Gasteiger partial charge < -0.3 is 15.4 Å². The molecule has 1 aliphatic heterocycles. The fourth-order valence-corrected chi connectivity index (χ4v) is 2.34. The van der Waals surface area contributed by atoms with Gasteiger partial charge in [-0.3, -0.25) is 14.5 Å². The molecule has 1 aromatic carbocycles. The fourth-order valence-electron chi connectivity index (χ4n) is 2.34. The van der Waals surface area contributed by atoms with E-state index in [0.717, 1.165) is 4.90 Å². The maximum atomic E-state index is 13.0. The molecule has 2 N–H and O–H groups in total. The number of hydrogen-bond donors (Lipinski definition) is 2. The number of halogens is 1. The van der Waals surface area contributed by atoms with Gasteiger partial charge in [0.1, 0.15) is 11.4 Å². The number of ether oxygens (including phenoxy) is 1. The number of benzene rings is 1. The summed E-state index contributed by atoms with van der Waals surface area (Å²) in [7, 11) is 1.43. The summed E-state index contributed by atoms with van der Waals surface area (Å²) in [5, 5.41) is 5.05. The van der Waals surface area contributed by atoms with Crippen LogP contribution in [0.15, 0.2) is 24.3 Å². The number of rotatable bonds is 6. The van der Waals surface area contributed by atoms with Crippen molar-refractivity contribution in [1.29, 1.82) is 0 Å². The molecule has 2 rings (SSSR count). The molecule has 1 atom stereocenters. The lowest BCUT2D eigenvalue weighted by molar-refractivity contribution is -0.132. The number of carbonyl (C=O) groups excluding carboxylic acids is 3. The summed E-state index contributed by atoms with van der Waals surface area (Å²) >= 11 is 0. The van der Waals surface area contributed by atoms with Crippen LogP contribution in [0.4, 0.5) is 14.9 Å². The summed E-state index contributed by atoms with van der Waals surface area (Å²) in [5.74, 6) is -1.33. The minimum atomic E-state index is -1.12. The van der Waals surface area contributed by atoms with Gasteiger partial charge in [0.05, 0.1) is 6.61 Å². The lowest BCUT2D eigenvalue weighted by Crippen LogP contribution is -2.48. The molecule has 0 unspecified atom stereocenters. The van der Waals surface area contributed by atoms with Crippen molar-refractivity contribution in [2.24, 2.45) is 0 Å². The van der Waals surface area contributed by atoms with Crippen LogP contribution in [-0.2, 0) is 14.3 Å². The van der Waals surface area contributed by atoms with E-state index in [1.165, 1.54) is 25.3 Å². The van der Waals surface area contributed by atoms with Crippen molar-refractivity contribution < 1.29 is 23.5 Å². The number of hydrogen-bond acceptors (Lipinski definition) is 4. The first-order valence-electron chi connectivity index (χ1n) is 7.04. The summed E-state index contributed by atoms with van der Waals surface area (Å²) in [6, 6.07) is 4.90. The molecule has 124 valence electrons. The first-order valence-corrected chi connectivity index (χ1v) is 7.04. The summed E-state index contributed by atoms with van der Waals surface area (Å²) in [4.78, 5) is 36.9. The molecule has 23 heavy (non-hydrogen) atoms. The highest BCUT2D eigenvalue weighted by Crippen LogP contribution is 2.18. The van der Waals surface area contributed by atoms with Gasteiger partial charge in [0.25, 0.3) is 5.91 Å². The van der Waals surface area contributed by atoms with E-state index >= 15 is 0 Å². The third kappa shape index (κ3) is 3.84. The van der Waals surface area contributed by atoms with Crippen LogP contribution in [-0.4, -0.2) is 48.5 Å². The Hall–Kier alpha value is -2.48. The van der Waals surface area contributed by atoms with Crippen molar-refractivity contribution in [2.45, 2.75) is 18.9 Å². The SMILES string of the molecule is COC[C@@]1(C)NC(=O)N(CCC(=O)Nc2cccc(F)c2)C1=O. The maximum Gasteiger partial charge on any atom is 0.325 e. The van der Waals surface area contributed by atoms with E-state index in [4.69, 9.17) is 4.74 Å². The van der Waals surface area contributed by atoms with Gasteiger partial charge in [0, 0.05) is 25.8 Å². The van der Waals surface area contributed by atoms with Crippen LogP contribution in [0.5, 0.6) is 0 Å². The Morgan fingerprint density at radius 1 is 1.43 bits per heavy atom. The third-order valence-corrected chi connectivity index (χ3v) is 3.45. The Morgan fingerprint density at radius 3 is 2.83 bits per heavy atom. The number of nitrogens with zero attached hydrogens (tertiary/aromatic N) is 1. The molecule has 0 saturated carbocycles. The van der Waals surface area contributed by atoms with Gasteiger partial charge in [-0.2, -0.15) is 0 Å². The second-order valence-electron chi connectivity index (χ2n) is 5.46. The molecule has 1 fully saturated rings. The minimum absolute atomic E-state index is 0.0452. The second kappa shape index (κ2) is 6.74. The Balaban J connectivity index is 1.91. The number of urea groups is 1. The lowest BCUT2D eigenvalue weighted by Gasteiger charge is -2.20. The van der Waals surface area contributed by atoms with Crippen LogP contribution >= 0.6 is 0 Å². The summed E-state index contributed by atoms with van der Waals surface area (Å²) in [6.07, 6.45) is -0.0846. The van der Waals surface area contributed by atoms with E-state index in [9.17, 15) is 18.8 Å². The van der Waals surface area contributed by atoms with E-state index < -0.39 is 29.2 Å². The summed E-state index contributed by atoms with van der Waals surface area (Å²) < 4.78 is 18.0. The number of carbonyl (C=O) groups is 3. The van der Waals surface area contributed by atoms with Gasteiger partial charge in [0.15, 0.2) is 0 Å². The average Bonchev–Trinajstić information content (AvgIpc) is 2.67. The topological polar surface area (TPSA) is 87.7 Å². The Kier molecular flexibility index (Phi) is 4.95. The van der Waals surface area contributed by atoms with Crippen LogP contribution < -0.4 is 10.6 Å². The van der Waals surface area contributed by atoms with E-state index in [-0.39, 0.29) is 19.6 Å². The van der Waals surface area contributed by atoms with E-state index in [1.807, 2.05) is 0 Å². The lowest BCUT2D eigenvalue weighted by atomic mass is 10.0. The largest absolute Gasteiger partial charge is 0.382 e. The number of imide groups is 1. The smallest absolute Gasteiger partial charge is 0.325 e. The van der Waals surface area contributed by atoms with Gasteiger partial charge in [-0.1, -0.05) is 6.07 Å². The first-order chi connectivity index (χ1) is 10.9. The second-order valence-corrected chi connectivity index (χ2v) is 5.46.